The van der Waals surface area contributed by atoms with Crippen LogP contribution in [0.15, 0.2) is 24.3 Å². The van der Waals surface area contributed by atoms with Crippen LogP contribution < -0.4 is 10.1 Å². The monoisotopic (exact) mass is 358 g/mol. The van der Waals surface area contributed by atoms with Crippen molar-refractivity contribution >= 4 is 24.3 Å². The Kier molecular flexibility index (Phi) is 9.40. The van der Waals surface area contributed by atoms with E-state index in [4.69, 9.17) is 9.84 Å². The number of benzene rings is 1. The van der Waals surface area contributed by atoms with E-state index in [-0.39, 0.29) is 36.8 Å². The van der Waals surface area contributed by atoms with Crippen LogP contribution in [0.2, 0.25) is 0 Å². The lowest BCUT2D eigenvalue weighted by Crippen LogP contribution is -2.44. The highest BCUT2D eigenvalue weighted by molar-refractivity contribution is 5.85. The van der Waals surface area contributed by atoms with Crippen LogP contribution in [0.5, 0.6) is 5.75 Å². The second kappa shape index (κ2) is 10.2. The van der Waals surface area contributed by atoms with Gasteiger partial charge in [0, 0.05) is 0 Å². The van der Waals surface area contributed by atoms with Crippen LogP contribution in [0, 0.1) is 5.92 Å². The molecular formula is C17H27ClN2O4. The van der Waals surface area contributed by atoms with Crippen LogP contribution in [-0.4, -0.2) is 48.6 Å². The lowest BCUT2D eigenvalue weighted by Gasteiger charge is -2.26. The molecule has 0 radical (unpaired) electrons. The standard InChI is InChI=1S/C17H26N2O4.ClH/c1-11(2)16(13-6-8-14(23-5)9-7-13)18-15(20)10-19(4)12(3)17(21)22;/h6-9,11-12,16H,10H2,1-5H3,(H,18,20)(H,21,22);1H. The zero-order chi connectivity index (χ0) is 17.6. The van der Waals surface area contributed by atoms with Crippen molar-refractivity contribution < 1.29 is 19.4 Å². The largest absolute Gasteiger partial charge is 0.497 e. The maximum Gasteiger partial charge on any atom is 0.320 e. The number of likely N-dealkylation sites (N-methyl/N-ethyl adjacent to an activating group) is 1. The number of hydrogen-bond acceptors (Lipinski definition) is 4. The minimum Gasteiger partial charge on any atom is -0.497 e. The zero-order valence-electron chi connectivity index (χ0n) is 14.8. The molecule has 0 spiro atoms. The molecule has 0 saturated carbocycles. The quantitative estimate of drug-likeness (QED) is 0.745. The molecule has 6 nitrogen and oxygen atoms in total. The molecule has 2 atom stereocenters. The number of nitrogens with zero attached hydrogens (tertiary/aromatic N) is 1. The Morgan fingerprint density at radius 1 is 1.21 bits per heavy atom. The van der Waals surface area contributed by atoms with Gasteiger partial charge in [-0.05, 0) is 37.6 Å². The Balaban J connectivity index is 0.00000529. The molecule has 0 aliphatic heterocycles. The van der Waals surface area contributed by atoms with Gasteiger partial charge in [0.25, 0.3) is 0 Å². The van der Waals surface area contributed by atoms with E-state index in [0.717, 1.165) is 11.3 Å². The lowest BCUT2D eigenvalue weighted by atomic mass is 9.96. The minimum absolute atomic E-state index is 0. The van der Waals surface area contributed by atoms with E-state index < -0.39 is 12.0 Å². The van der Waals surface area contributed by atoms with Crippen LogP contribution in [0.1, 0.15) is 32.4 Å². The molecule has 1 aromatic rings. The van der Waals surface area contributed by atoms with Gasteiger partial charge >= 0.3 is 5.97 Å². The molecule has 2 unspecified atom stereocenters. The second-order valence-corrected chi connectivity index (χ2v) is 5.99. The van der Waals surface area contributed by atoms with Gasteiger partial charge in [-0.25, -0.2) is 0 Å². The number of amides is 1. The van der Waals surface area contributed by atoms with Gasteiger partial charge in [-0.3, -0.25) is 14.5 Å². The highest BCUT2D eigenvalue weighted by atomic mass is 35.5. The van der Waals surface area contributed by atoms with Crippen LogP contribution in [0.4, 0.5) is 0 Å². The highest BCUT2D eigenvalue weighted by Crippen LogP contribution is 2.23. The van der Waals surface area contributed by atoms with Crippen molar-refractivity contribution in [2.24, 2.45) is 5.92 Å². The van der Waals surface area contributed by atoms with Crippen LogP contribution in [0.3, 0.4) is 0 Å². The molecule has 7 heteroatoms. The molecule has 136 valence electrons. The number of rotatable bonds is 8. The van der Waals surface area contributed by atoms with E-state index in [2.05, 4.69) is 5.32 Å². The molecular weight excluding hydrogens is 332 g/mol. The van der Waals surface area contributed by atoms with E-state index in [0.29, 0.717) is 0 Å². The van der Waals surface area contributed by atoms with Crippen LogP contribution in [0.25, 0.3) is 0 Å². The summed E-state index contributed by atoms with van der Waals surface area (Å²) in [6, 6.07) is 6.72. The van der Waals surface area contributed by atoms with Crippen molar-refractivity contribution in [2.45, 2.75) is 32.9 Å². The van der Waals surface area contributed by atoms with Gasteiger partial charge < -0.3 is 15.2 Å². The van der Waals surface area contributed by atoms with E-state index in [1.54, 1.807) is 21.1 Å². The van der Waals surface area contributed by atoms with Gasteiger partial charge in [0.1, 0.15) is 11.8 Å². The summed E-state index contributed by atoms with van der Waals surface area (Å²) in [6.45, 7) is 5.64. The molecule has 1 rings (SSSR count). The molecule has 2 N–H and O–H groups in total. The number of carboxylic acid groups (broad SMARTS) is 1. The van der Waals surface area contributed by atoms with Crippen molar-refractivity contribution in [2.75, 3.05) is 20.7 Å². The average molecular weight is 359 g/mol. The smallest absolute Gasteiger partial charge is 0.320 e. The maximum absolute atomic E-state index is 12.2. The number of ether oxygens (including phenoxy) is 1. The molecule has 0 bridgehead atoms. The Morgan fingerprint density at radius 2 is 1.75 bits per heavy atom. The van der Waals surface area contributed by atoms with Crippen LogP contribution in [-0.2, 0) is 9.59 Å². The van der Waals surface area contributed by atoms with Gasteiger partial charge in [-0.1, -0.05) is 26.0 Å². The number of halogens is 1. The van der Waals surface area contributed by atoms with Crippen molar-refractivity contribution in [3.8, 4) is 5.75 Å². The fourth-order valence-electron chi connectivity index (χ4n) is 2.22. The van der Waals surface area contributed by atoms with E-state index >= 15 is 0 Å². The molecule has 24 heavy (non-hydrogen) atoms. The first-order valence-corrected chi connectivity index (χ1v) is 7.62. The Bertz CT molecular complexity index is 534. The van der Waals surface area contributed by atoms with E-state index in [1.165, 1.54) is 4.90 Å². The van der Waals surface area contributed by atoms with Gasteiger partial charge in [0.2, 0.25) is 5.91 Å². The first kappa shape index (κ1) is 22.2. The van der Waals surface area contributed by atoms with E-state index in [1.807, 2.05) is 38.1 Å². The summed E-state index contributed by atoms with van der Waals surface area (Å²) >= 11 is 0. The highest BCUT2D eigenvalue weighted by Gasteiger charge is 2.22. The third-order valence-electron chi connectivity index (χ3n) is 3.87. The third-order valence-corrected chi connectivity index (χ3v) is 3.87. The predicted octanol–water partition coefficient (Wildman–Crippen LogP) is 2.34. The van der Waals surface area contributed by atoms with Gasteiger partial charge in [-0.2, -0.15) is 0 Å². The molecule has 0 aliphatic carbocycles. The molecule has 0 fully saturated rings. The Hall–Kier alpha value is -1.79. The number of nitrogens with one attached hydrogen (secondary N) is 1. The van der Waals surface area contributed by atoms with Gasteiger partial charge in [0.05, 0.1) is 19.7 Å². The predicted molar refractivity (Wildman–Crippen MR) is 95.7 cm³/mol. The van der Waals surface area contributed by atoms with Gasteiger partial charge in [-0.15, -0.1) is 12.4 Å². The fourth-order valence-corrected chi connectivity index (χ4v) is 2.22. The number of carboxylic acids is 1. The van der Waals surface area contributed by atoms with Crippen molar-refractivity contribution in [1.29, 1.82) is 0 Å². The molecule has 1 amide bonds. The average Bonchev–Trinajstić information content (AvgIpc) is 2.51. The second-order valence-electron chi connectivity index (χ2n) is 5.99. The summed E-state index contributed by atoms with van der Waals surface area (Å²) in [5, 5.41) is 12.0. The summed E-state index contributed by atoms with van der Waals surface area (Å²) < 4.78 is 5.14. The normalized spacial score (nSPS) is 13.1. The summed E-state index contributed by atoms with van der Waals surface area (Å²) in [6.07, 6.45) is 0. The summed E-state index contributed by atoms with van der Waals surface area (Å²) in [7, 11) is 3.23. The number of methoxy groups -OCH3 is 1. The zero-order valence-corrected chi connectivity index (χ0v) is 15.6. The Morgan fingerprint density at radius 3 is 2.17 bits per heavy atom. The molecule has 0 saturated heterocycles. The maximum atomic E-state index is 12.2. The van der Waals surface area contributed by atoms with Crippen molar-refractivity contribution in [3.63, 3.8) is 0 Å². The lowest BCUT2D eigenvalue weighted by molar-refractivity contribution is -0.142. The minimum atomic E-state index is -0.948. The van der Waals surface area contributed by atoms with Crippen molar-refractivity contribution in [1.82, 2.24) is 10.2 Å². The number of hydrogen-bond donors (Lipinski definition) is 2. The first-order valence-electron chi connectivity index (χ1n) is 7.62. The molecule has 0 aromatic heterocycles. The molecule has 0 aliphatic rings. The summed E-state index contributed by atoms with van der Waals surface area (Å²) in [5.74, 6) is -0.182. The van der Waals surface area contributed by atoms with E-state index in [9.17, 15) is 9.59 Å². The van der Waals surface area contributed by atoms with Gasteiger partial charge in [0.15, 0.2) is 0 Å². The molecule has 1 aromatic carbocycles. The number of carbonyl (C=O) groups is 2. The number of aliphatic carboxylic acids is 1. The van der Waals surface area contributed by atoms with Crippen molar-refractivity contribution in [3.05, 3.63) is 29.8 Å². The fraction of sp³-hybridized carbons (Fsp3) is 0.529. The van der Waals surface area contributed by atoms with Crippen LogP contribution >= 0.6 is 12.4 Å². The summed E-state index contributed by atoms with van der Waals surface area (Å²) in [5.41, 5.74) is 0.989. The Labute approximate surface area is 149 Å². The molecule has 0 heterocycles. The topological polar surface area (TPSA) is 78.9 Å². The first-order chi connectivity index (χ1) is 10.8. The number of carbonyl (C=O) groups excluding carboxylic acids is 1. The summed E-state index contributed by atoms with van der Waals surface area (Å²) in [4.78, 5) is 24.7. The third kappa shape index (κ3) is 6.37. The SMILES string of the molecule is COc1ccc(C(NC(=O)CN(C)C(C)C(=O)O)C(C)C)cc1.Cl.